The number of pyridine rings is 2. The van der Waals surface area contributed by atoms with Gasteiger partial charge in [0.05, 0.1) is 36.9 Å². The number of carbonyl (C=O) groups is 2. The lowest BCUT2D eigenvalue weighted by Crippen LogP contribution is -2.53. The normalized spacial score (nSPS) is 17.5. The van der Waals surface area contributed by atoms with Crippen molar-refractivity contribution >= 4 is 29.2 Å². The van der Waals surface area contributed by atoms with E-state index < -0.39 is 5.54 Å². The number of benzene rings is 1. The van der Waals surface area contributed by atoms with Crippen LogP contribution in [0.2, 0.25) is 0 Å². The number of nitrogens with zero attached hydrogens (tertiary/aromatic N) is 4. The zero-order chi connectivity index (χ0) is 29.4. The molecule has 6 rings (SSSR count). The number of hydrogen-bond donors (Lipinski definition) is 1. The van der Waals surface area contributed by atoms with Gasteiger partial charge in [-0.2, -0.15) is 4.98 Å². The van der Waals surface area contributed by atoms with Crippen molar-refractivity contribution in [1.82, 2.24) is 14.9 Å². The molecule has 2 aliphatic heterocycles. The Balaban J connectivity index is 1.19. The molecule has 0 spiro atoms. The molecule has 2 amide bonds. The minimum atomic E-state index is -0.457. The van der Waals surface area contributed by atoms with E-state index in [1.165, 1.54) is 0 Å². The van der Waals surface area contributed by atoms with Crippen LogP contribution in [0.15, 0.2) is 42.6 Å². The topological polar surface area (TPSA) is 115 Å². The lowest BCUT2D eigenvalue weighted by molar-refractivity contribution is -0.116. The molecule has 2 aromatic heterocycles. The maximum atomic E-state index is 13.5. The average Bonchev–Trinajstić information content (AvgIpc) is 2.98. The maximum Gasteiger partial charge on any atom is 0.410 e. The van der Waals surface area contributed by atoms with Gasteiger partial charge in [0.2, 0.25) is 5.88 Å². The monoisotopic (exact) mass is 573 g/mol. The number of nitrogens with one attached hydrogen (secondary N) is 1. The number of fused-ring (bicyclic) bond motifs is 3. The lowest BCUT2D eigenvalue weighted by atomic mass is 9.85. The van der Waals surface area contributed by atoms with Gasteiger partial charge in [0.15, 0.2) is 17.3 Å². The van der Waals surface area contributed by atoms with Gasteiger partial charge in [-0.1, -0.05) is 6.07 Å². The van der Waals surface area contributed by atoms with E-state index in [1.807, 2.05) is 37.8 Å². The van der Waals surface area contributed by atoms with Crippen molar-refractivity contribution in [2.75, 3.05) is 37.1 Å². The third-order valence-electron chi connectivity index (χ3n) is 7.72. The number of aryl methyl sites for hydroxylation is 1. The first-order chi connectivity index (χ1) is 20.2. The summed E-state index contributed by atoms with van der Waals surface area (Å²) in [6, 6.07) is 11.4. The highest BCUT2D eigenvalue weighted by molar-refractivity contribution is 6.07. The van der Waals surface area contributed by atoms with E-state index in [0.29, 0.717) is 48.5 Å². The highest BCUT2D eigenvalue weighted by atomic mass is 16.6. The van der Waals surface area contributed by atoms with Gasteiger partial charge in [0.25, 0.3) is 5.91 Å². The van der Waals surface area contributed by atoms with Crippen molar-refractivity contribution in [3.63, 3.8) is 0 Å². The minimum Gasteiger partial charge on any atom is -0.486 e. The molecule has 3 aromatic rings. The van der Waals surface area contributed by atoms with Crippen LogP contribution < -0.4 is 24.4 Å². The molecule has 0 saturated heterocycles. The number of ether oxygens (including phenoxy) is 4. The molecule has 4 heterocycles. The molecule has 1 aromatic carbocycles. The Labute approximate surface area is 244 Å². The van der Waals surface area contributed by atoms with Crippen molar-refractivity contribution in [2.24, 2.45) is 0 Å². The number of aromatic nitrogens is 2. The van der Waals surface area contributed by atoms with Crippen LogP contribution in [-0.2, 0) is 29.0 Å². The van der Waals surface area contributed by atoms with E-state index in [0.717, 1.165) is 35.3 Å². The first kappa shape index (κ1) is 27.6. The number of methoxy groups -OCH3 is 1. The van der Waals surface area contributed by atoms with Gasteiger partial charge >= 0.3 is 6.09 Å². The van der Waals surface area contributed by atoms with E-state index in [9.17, 15) is 9.59 Å². The summed E-state index contributed by atoms with van der Waals surface area (Å²) < 4.78 is 22.2. The van der Waals surface area contributed by atoms with Crippen molar-refractivity contribution in [2.45, 2.75) is 58.2 Å². The molecule has 3 aliphatic rings. The van der Waals surface area contributed by atoms with Crippen LogP contribution in [0, 0.1) is 0 Å². The molecule has 0 saturated carbocycles. The SMILES string of the molecule is COc1ccc2c(n1)N(c1ccc3c(c1)CCC(N(C(=O)OCc1cc4c(cn1)OCCO4)C(C)(C)C)C3)C(=O)CN2. The zero-order valence-electron chi connectivity index (χ0n) is 24.3. The van der Waals surface area contributed by atoms with Crippen LogP contribution >= 0.6 is 0 Å². The predicted molar refractivity (Wildman–Crippen MR) is 156 cm³/mol. The summed E-state index contributed by atoms with van der Waals surface area (Å²) in [7, 11) is 1.55. The third-order valence-corrected chi connectivity index (χ3v) is 7.72. The summed E-state index contributed by atoms with van der Waals surface area (Å²) in [6.45, 7) is 7.24. The maximum absolute atomic E-state index is 13.5. The first-order valence-electron chi connectivity index (χ1n) is 14.2. The lowest BCUT2D eigenvalue weighted by Gasteiger charge is -2.43. The number of carbonyl (C=O) groups excluding carboxylic acids is 2. The molecule has 0 fully saturated rings. The van der Waals surface area contributed by atoms with Gasteiger partial charge in [-0.05, 0) is 69.4 Å². The highest BCUT2D eigenvalue weighted by Crippen LogP contribution is 2.38. The van der Waals surface area contributed by atoms with Gasteiger partial charge < -0.3 is 29.2 Å². The van der Waals surface area contributed by atoms with Crippen molar-refractivity contribution in [3.8, 4) is 17.4 Å². The Kier molecular flexibility index (Phi) is 7.26. The van der Waals surface area contributed by atoms with Gasteiger partial charge in [0.1, 0.15) is 19.8 Å². The van der Waals surface area contributed by atoms with Gasteiger partial charge in [0, 0.05) is 23.7 Å². The standard InChI is InChI=1S/C31H35N5O6/c1-31(2,3)36(30(38)42-18-21-15-25-26(16-32-21)41-12-11-40-25)23-8-6-19-13-22(7-5-20(19)14-23)35-28(37)17-33-24-9-10-27(39-4)34-29(24)35/h5,7,9-10,13,15-16,23,33H,6,8,11-12,14,17-18H2,1-4H3. The van der Waals surface area contributed by atoms with Crippen molar-refractivity contribution < 1.29 is 28.5 Å². The third kappa shape index (κ3) is 5.38. The molecule has 42 heavy (non-hydrogen) atoms. The molecule has 1 unspecified atom stereocenters. The van der Waals surface area contributed by atoms with E-state index >= 15 is 0 Å². The number of hydrogen-bond acceptors (Lipinski definition) is 9. The Morgan fingerprint density at radius 2 is 1.93 bits per heavy atom. The number of anilines is 3. The Morgan fingerprint density at radius 1 is 1.12 bits per heavy atom. The number of amides is 2. The largest absolute Gasteiger partial charge is 0.486 e. The van der Waals surface area contributed by atoms with Crippen molar-refractivity contribution in [1.29, 1.82) is 0 Å². The Morgan fingerprint density at radius 3 is 2.71 bits per heavy atom. The minimum absolute atomic E-state index is 0.0355. The van der Waals surface area contributed by atoms with E-state index in [4.69, 9.17) is 18.9 Å². The second-order valence-electron chi connectivity index (χ2n) is 11.6. The summed E-state index contributed by atoms with van der Waals surface area (Å²) in [5.41, 5.74) is 3.98. The molecular formula is C31H35N5O6. The first-order valence-corrected chi connectivity index (χ1v) is 14.2. The second kappa shape index (κ2) is 11.0. The molecule has 11 nitrogen and oxygen atoms in total. The fourth-order valence-electron chi connectivity index (χ4n) is 5.81. The average molecular weight is 574 g/mol. The zero-order valence-corrected chi connectivity index (χ0v) is 24.3. The molecule has 11 heteroatoms. The quantitative estimate of drug-likeness (QED) is 0.466. The second-order valence-corrected chi connectivity index (χ2v) is 11.6. The van der Waals surface area contributed by atoms with Crippen LogP contribution in [0.1, 0.15) is 44.0 Å². The molecule has 1 atom stereocenters. The highest BCUT2D eigenvalue weighted by Gasteiger charge is 2.37. The molecular weight excluding hydrogens is 538 g/mol. The van der Waals surface area contributed by atoms with E-state index in [-0.39, 0.29) is 31.2 Å². The van der Waals surface area contributed by atoms with Gasteiger partial charge in [-0.15, -0.1) is 0 Å². The van der Waals surface area contributed by atoms with Crippen LogP contribution in [-0.4, -0.2) is 65.3 Å². The fourth-order valence-corrected chi connectivity index (χ4v) is 5.81. The van der Waals surface area contributed by atoms with E-state index in [2.05, 4.69) is 27.4 Å². The Hall–Kier alpha value is -4.54. The molecule has 220 valence electrons. The summed E-state index contributed by atoms with van der Waals surface area (Å²) in [5, 5.41) is 3.13. The van der Waals surface area contributed by atoms with Crippen LogP contribution in [0.5, 0.6) is 17.4 Å². The smallest absolute Gasteiger partial charge is 0.410 e. The summed E-state index contributed by atoms with van der Waals surface area (Å²) in [5.74, 6) is 2.08. The van der Waals surface area contributed by atoms with Crippen LogP contribution in [0.25, 0.3) is 0 Å². The van der Waals surface area contributed by atoms with E-state index in [1.54, 1.807) is 30.3 Å². The van der Waals surface area contributed by atoms with Crippen LogP contribution in [0.3, 0.4) is 0 Å². The number of rotatable bonds is 5. The van der Waals surface area contributed by atoms with Crippen molar-refractivity contribution in [3.05, 3.63) is 59.4 Å². The molecule has 0 bridgehead atoms. The Bertz CT molecular complexity index is 1520. The fraction of sp³-hybridized carbons (Fsp3) is 0.419. The summed E-state index contributed by atoms with van der Waals surface area (Å²) in [6.07, 6.45) is 3.43. The van der Waals surface area contributed by atoms with Gasteiger partial charge in [-0.25, -0.2) is 4.79 Å². The molecule has 1 aliphatic carbocycles. The summed E-state index contributed by atoms with van der Waals surface area (Å²) >= 11 is 0. The molecule has 0 radical (unpaired) electrons. The molecule has 1 N–H and O–H groups in total. The van der Waals surface area contributed by atoms with Crippen LogP contribution in [0.4, 0.5) is 22.0 Å². The van der Waals surface area contributed by atoms with Gasteiger partial charge in [-0.3, -0.25) is 14.7 Å². The predicted octanol–water partition coefficient (Wildman–Crippen LogP) is 4.64. The summed E-state index contributed by atoms with van der Waals surface area (Å²) in [4.78, 5) is 38.9.